The van der Waals surface area contributed by atoms with Crippen molar-refractivity contribution in [3.05, 3.63) is 11.5 Å². The third-order valence-corrected chi connectivity index (χ3v) is 2.35. The lowest BCUT2D eigenvalue weighted by atomic mass is 10.1. The summed E-state index contributed by atoms with van der Waals surface area (Å²) in [5, 5.41) is 0.630. The number of rotatable bonds is 0. The van der Waals surface area contributed by atoms with E-state index in [1.807, 2.05) is 13.8 Å². The van der Waals surface area contributed by atoms with Crippen LogP contribution >= 0.6 is 11.8 Å². The highest BCUT2D eigenvalue weighted by atomic mass is 32.2. The van der Waals surface area contributed by atoms with Crippen molar-refractivity contribution in [1.29, 1.82) is 0 Å². The number of hydrogen-bond donors (Lipinski definition) is 1. The molecule has 3 heteroatoms. The van der Waals surface area contributed by atoms with Gasteiger partial charge in [0.2, 0.25) is 0 Å². The molecule has 2 nitrogen and oxygen atoms in total. The smallest absolute Gasteiger partial charge is 0.159 e. The molecular weight excluding hydrogens is 132 g/mol. The Morgan fingerprint density at radius 1 is 1.67 bits per heavy atom. The van der Waals surface area contributed by atoms with Crippen molar-refractivity contribution >= 4 is 16.9 Å². The minimum atomic E-state index is -0.144. The first-order valence-electron chi connectivity index (χ1n) is 2.75. The summed E-state index contributed by atoms with van der Waals surface area (Å²) in [5.74, 6) is 0. The van der Waals surface area contributed by atoms with E-state index in [1.54, 1.807) is 0 Å². The van der Waals surface area contributed by atoms with Crippen LogP contribution in [0.15, 0.2) is 16.5 Å². The average molecular weight is 142 g/mol. The molecule has 0 aliphatic carbocycles. The van der Waals surface area contributed by atoms with E-state index in [1.165, 1.54) is 11.8 Å². The molecule has 0 fully saturated rings. The lowest BCUT2D eigenvalue weighted by Gasteiger charge is -2.12. The molecule has 0 aromatic rings. The van der Waals surface area contributed by atoms with E-state index in [0.29, 0.717) is 5.17 Å². The van der Waals surface area contributed by atoms with Crippen molar-refractivity contribution in [2.24, 2.45) is 10.7 Å². The summed E-state index contributed by atoms with van der Waals surface area (Å²) in [7, 11) is 0. The second kappa shape index (κ2) is 1.77. The molecule has 0 radical (unpaired) electrons. The molecule has 1 aliphatic rings. The summed E-state index contributed by atoms with van der Waals surface area (Å²) in [6, 6.07) is 0. The Labute approximate surface area is 59.2 Å². The molecule has 1 aliphatic heterocycles. The lowest BCUT2D eigenvalue weighted by molar-refractivity contribution is 0.657. The van der Waals surface area contributed by atoms with Crippen molar-refractivity contribution in [2.45, 2.75) is 19.4 Å². The van der Waals surface area contributed by atoms with Crippen molar-refractivity contribution in [3.8, 4) is 0 Å². The average Bonchev–Trinajstić information content (AvgIpc) is 1.79. The van der Waals surface area contributed by atoms with Crippen molar-refractivity contribution < 1.29 is 0 Å². The first-order chi connectivity index (χ1) is 4.02. The van der Waals surface area contributed by atoms with Crippen LogP contribution in [-0.4, -0.2) is 10.7 Å². The number of amidine groups is 1. The first kappa shape index (κ1) is 6.68. The molecule has 2 N–H and O–H groups in total. The molecule has 0 amide bonds. The molecule has 0 bridgehead atoms. The van der Waals surface area contributed by atoms with Crippen molar-refractivity contribution in [3.63, 3.8) is 0 Å². The standard InChI is InChI=1S/C6H10N2S/c1-4-6(2,3)8-5(7)9-4/h1H2,2-3H3,(H2,7,8). The van der Waals surface area contributed by atoms with Crippen LogP contribution < -0.4 is 5.73 Å². The van der Waals surface area contributed by atoms with Gasteiger partial charge in [-0.2, -0.15) is 0 Å². The predicted octanol–water partition coefficient (Wildman–Crippen LogP) is 1.34. The van der Waals surface area contributed by atoms with E-state index in [-0.39, 0.29) is 5.54 Å². The number of aliphatic imine (C=N–C) groups is 1. The minimum absolute atomic E-state index is 0.144. The second-order valence-corrected chi connectivity index (χ2v) is 3.65. The molecular formula is C6H10N2S. The van der Waals surface area contributed by atoms with Crippen LogP contribution in [0.1, 0.15) is 13.8 Å². The molecule has 50 valence electrons. The Morgan fingerprint density at radius 2 is 2.22 bits per heavy atom. The fourth-order valence-electron chi connectivity index (χ4n) is 0.612. The zero-order valence-electron chi connectivity index (χ0n) is 5.64. The minimum Gasteiger partial charge on any atom is -0.378 e. The maximum Gasteiger partial charge on any atom is 0.159 e. The highest BCUT2D eigenvalue weighted by Gasteiger charge is 2.28. The van der Waals surface area contributed by atoms with Crippen molar-refractivity contribution in [2.75, 3.05) is 0 Å². The van der Waals surface area contributed by atoms with Gasteiger partial charge in [0, 0.05) is 4.91 Å². The van der Waals surface area contributed by atoms with Crippen LogP contribution in [0.4, 0.5) is 0 Å². The topological polar surface area (TPSA) is 38.4 Å². The fraction of sp³-hybridized carbons (Fsp3) is 0.500. The summed E-state index contributed by atoms with van der Waals surface area (Å²) in [6.07, 6.45) is 0. The number of thioether (sulfide) groups is 1. The zero-order chi connectivity index (χ0) is 7.07. The van der Waals surface area contributed by atoms with Gasteiger partial charge in [-0.3, -0.25) is 4.99 Å². The molecule has 0 unspecified atom stereocenters. The number of nitrogens with two attached hydrogens (primary N) is 1. The van der Waals surface area contributed by atoms with Crippen LogP contribution in [0.25, 0.3) is 0 Å². The summed E-state index contributed by atoms with van der Waals surface area (Å²) in [5.41, 5.74) is 5.31. The quantitative estimate of drug-likeness (QED) is 0.554. The van der Waals surface area contributed by atoms with E-state index in [2.05, 4.69) is 11.6 Å². The summed E-state index contributed by atoms with van der Waals surface area (Å²) >= 11 is 1.46. The Balaban J connectivity index is 2.89. The normalized spacial score (nSPS) is 24.2. The van der Waals surface area contributed by atoms with Gasteiger partial charge in [0.15, 0.2) is 5.17 Å². The van der Waals surface area contributed by atoms with E-state index in [0.717, 1.165) is 4.91 Å². The molecule has 0 aromatic carbocycles. The maximum absolute atomic E-state index is 5.45. The lowest BCUT2D eigenvalue weighted by Crippen LogP contribution is -2.13. The number of hydrogen-bond acceptors (Lipinski definition) is 3. The second-order valence-electron chi connectivity index (χ2n) is 2.53. The van der Waals surface area contributed by atoms with Gasteiger partial charge in [-0.1, -0.05) is 18.3 Å². The third kappa shape index (κ3) is 1.10. The van der Waals surface area contributed by atoms with Gasteiger partial charge in [0.05, 0.1) is 5.54 Å². The van der Waals surface area contributed by atoms with E-state index < -0.39 is 0 Å². The largest absolute Gasteiger partial charge is 0.378 e. The zero-order valence-corrected chi connectivity index (χ0v) is 6.46. The SMILES string of the molecule is C=C1SC(N)=NC1(C)C. The number of nitrogens with zero attached hydrogens (tertiary/aromatic N) is 1. The van der Waals surface area contributed by atoms with Crippen LogP contribution in [0.3, 0.4) is 0 Å². The van der Waals surface area contributed by atoms with Gasteiger partial charge in [-0.25, -0.2) is 0 Å². The Bertz CT molecular complexity index is 181. The van der Waals surface area contributed by atoms with E-state index in [4.69, 9.17) is 5.73 Å². The van der Waals surface area contributed by atoms with E-state index >= 15 is 0 Å². The van der Waals surface area contributed by atoms with Crippen LogP contribution in [-0.2, 0) is 0 Å². The molecule has 1 heterocycles. The first-order valence-corrected chi connectivity index (χ1v) is 3.56. The maximum atomic E-state index is 5.45. The molecule has 1 rings (SSSR count). The van der Waals surface area contributed by atoms with Crippen LogP contribution in [0, 0.1) is 0 Å². The van der Waals surface area contributed by atoms with Crippen LogP contribution in [0.5, 0.6) is 0 Å². The molecule has 9 heavy (non-hydrogen) atoms. The van der Waals surface area contributed by atoms with Crippen LogP contribution in [0.2, 0.25) is 0 Å². The summed E-state index contributed by atoms with van der Waals surface area (Å²) in [6.45, 7) is 7.83. The molecule has 0 atom stereocenters. The highest BCUT2D eigenvalue weighted by molar-refractivity contribution is 8.17. The van der Waals surface area contributed by atoms with Crippen molar-refractivity contribution in [1.82, 2.24) is 0 Å². The third-order valence-electron chi connectivity index (χ3n) is 1.30. The molecule has 0 saturated carbocycles. The summed E-state index contributed by atoms with van der Waals surface area (Å²) < 4.78 is 0. The molecule has 0 saturated heterocycles. The molecule has 0 spiro atoms. The Hall–Kier alpha value is -0.440. The fourth-order valence-corrected chi connectivity index (χ4v) is 1.43. The Kier molecular flexibility index (Phi) is 1.31. The van der Waals surface area contributed by atoms with Gasteiger partial charge in [-0.05, 0) is 13.8 Å². The molecule has 0 aromatic heterocycles. The highest BCUT2D eigenvalue weighted by Crippen LogP contribution is 2.35. The predicted molar refractivity (Wildman–Crippen MR) is 42.4 cm³/mol. The monoisotopic (exact) mass is 142 g/mol. The summed E-state index contributed by atoms with van der Waals surface area (Å²) in [4.78, 5) is 5.19. The Morgan fingerprint density at radius 3 is 2.33 bits per heavy atom. The van der Waals surface area contributed by atoms with Gasteiger partial charge in [0.25, 0.3) is 0 Å². The van der Waals surface area contributed by atoms with Gasteiger partial charge in [0.1, 0.15) is 0 Å². The van der Waals surface area contributed by atoms with Gasteiger partial charge in [-0.15, -0.1) is 0 Å². The van der Waals surface area contributed by atoms with Gasteiger partial charge < -0.3 is 5.73 Å². The van der Waals surface area contributed by atoms with Gasteiger partial charge >= 0.3 is 0 Å². The van der Waals surface area contributed by atoms with E-state index in [9.17, 15) is 0 Å².